The number of benzene rings is 2. The molecule has 0 aliphatic carbocycles. The van der Waals surface area contributed by atoms with E-state index in [1.807, 2.05) is 11.0 Å². The zero-order chi connectivity index (χ0) is 36.1. The number of thiophene rings is 1. The fourth-order valence-corrected chi connectivity index (χ4v) is 9.97. The number of carbonyl (C=O) groups is 1. The average Bonchev–Trinajstić information content (AvgIpc) is 3.50. The largest absolute Gasteiger partial charge is 0.489 e. The van der Waals surface area contributed by atoms with Gasteiger partial charge in [0.25, 0.3) is 0 Å². The molecule has 0 radical (unpaired) electrons. The van der Waals surface area contributed by atoms with E-state index in [1.54, 1.807) is 4.90 Å². The summed E-state index contributed by atoms with van der Waals surface area (Å²) < 4.78 is 59.7. The molecule has 0 bridgehead atoms. The van der Waals surface area contributed by atoms with Gasteiger partial charge in [0, 0.05) is 43.0 Å². The molecule has 4 aromatic rings. The molecule has 4 N–H and O–H groups in total. The fraction of sp³-hybridized carbons (Fsp3) is 0.486. The Morgan fingerprint density at radius 2 is 2.06 bits per heavy atom. The summed E-state index contributed by atoms with van der Waals surface area (Å²) >= 11 is 7.95. The molecule has 9 rings (SSSR count). The summed E-state index contributed by atoms with van der Waals surface area (Å²) in [5.74, 6) is -1.25. The highest BCUT2D eigenvalue weighted by molar-refractivity contribution is 7.23. The van der Waals surface area contributed by atoms with Crippen molar-refractivity contribution < 1.29 is 32.5 Å². The number of nitrogen functional groups attached to an aromatic ring is 1. The standard InChI is InChI=1S/C35H34ClF3N8O4S/c36-24-22(18-4-5-20(38)29-21(18)19(12-40)30(41)52-29)25(39)26-23-28(24)50-10-9-47(17-3-1-7-45(14-17)33(49)27-32(48)42-27)31(23)44-34(43-26)51-15-35-6-2-8-46(35)13-16(37)11-35/h4-5,16-17,27,32,42,48H,1-3,6-11,13-15,41H2/t16-,17?,27-,32+,35+/m1/s1. The number of rotatable bonds is 6. The van der Waals surface area contributed by atoms with Crippen molar-refractivity contribution in [1.82, 2.24) is 25.1 Å². The second-order valence-electron chi connectivity index (χ2n) is 14.2. The normalized spacial score (nSPS) is 27.1. The Morgan fingerprint density at radius 3 is 2.85 bits per heavy atom. The van der Waals surface area contributed by atoms with Crippen molar-refractivity contribution in [1.29, 1.82) is 5.26 Å². The van der Waals surface area contributed by atoms with Crippen LogP contribution in [-0.2, 0) is 4.79 Å². The van der Waals surface area contributed by atoms with Crippen molar-refractivity contribution in [2.24, 2.45) is 0 Å². The first kappa shape index (κ1) is 33.7. The number of alkyl halides is 1. The molecule has 0 saturated carbocycles. The predicted molar refractivity (Wildman–Crippen MR) is 188 cm³/mol. The number of piperidine rings is 1. The molecular formula is C35H34ClF3N8O4S. The topological polar surface area (TPSA) is 163 Å². The Kier molecular flexibility index (Phi) is 8.08. The van der Waals surface area contributed by atoms with Gasteiger partial charge < -0.3 is 30.1 Å². The number of aliphatic hydroxyl groups is 1. The zero-order valence-electron chi connectivity index (χ0n) is 27.8. The molecule has 5 atom stereocenters. The van der Waals surface area contributed by atoms with Crippen molar-refractivity contribution >= 4 is 60.7 Å². The number of ether oxygens (including phenoxy) is 2. The van der Waals surface area contributed by atoms with Gasteiger partial charge in [0.1, 0.15) is 59.9 Å². The monoisotopic (exact) mass is 754 g/mol. The number of aromatic nitrogens is 2. The maximum absolute atomic E-state index is 17.3. The Labute approximate surface area is 304 Å². The average molecular weight is 755 g/mol. The van der Waals surface area contributed by atoms with Crippen LogP contribution >= 0.6 is 22.9 Å². The molecule has 272 valence electrons. The van der Waals surface area contributed by atoms with Crippen LogP contribution in [0, 0.1) is 23.0 Å². The summed E-state index contributed by atoms with van der Waals surface area (Å²) in [6, 6.07) is 3.54. The number of amides is 1. The number of carbonyl (C=O) groups excluding carboxylic acids is 1. The van der Waals surface area contributed by atoms with E-state index in [-0.39, 0.29) is 84.6 Å². The molecule has 0 spiro atoms. The third kappa shape index (κ3) is 5.23. The van der Waals surface area contributed by atoms with Gasteiger partial charge in [-0.1, -0.05) is 17.7 Å². The third-order valence-corrected chi connectivity index (χ3v) is 12.6. The van der Waals surface area contributed by atoms with Gasteiger partial charge in [-0.2, -0.15) is 15.2 Å². The Balaban J connectivity index is 1.20. The summed E-state index contributed by atoms with van der Waals surface area (Å²) in [5.41, 5.74) is 5.43. The number of hydrogen-bond acceptors (Lipinski definition) is 12. The maximum Gasteiger partial charge on any atom is 0.319 e. The van der Waals surface area contributed by atoms with Gasteiger partial charge >= 0.3 is 6.01 Å². The minimum atomic E-state index is -0.982. The van der Waals surface area contributed by atoms with Crippen LogP contribution in [0.3, 0.4) is 0 Å². The number of nitrogens with one attached hydrogen (secondary N) is 1. The molecule has 5 aliphatic heterocycles. The number of anilines is 2. The van der Waals surface area contributed by atoms with E-state index in [4.69, 9.17) is 31.8 Å². The molecule has 52 heavy (non-hydrogen) atoms. The van der Waals surface area contributed by atoms with E-state index in [9.17, 15) is 19.6 Å². The van der Waals surface area contributed by atoms with Gasteiger partial charge in [-0.05, 0) is 43.9 Å². The van der Waals surface area contributed by atoms with Crippen LogP contribution in [0.2, 0.25) is 5.02 Å². The van der Waals surface area contributed by atoms with E-state index in [0.29, 0.717) is 51.3 Å². The first-order valence-corrected chi connectivity index (χ1v) is 18.6. The van der Waals surface area contributed by atoms with Crippen molar-refractivity contribution in [2.75, 3.05) is 56.6 Å². The lowest BCUT2D eigenvalue weighted by Gasteiger charge is -2.39. The minimum absolute atomic E-state index is 0.00356. The van der Waals surface area contributed by atoms with Crippen LogP contribution in [0.1, 0.15) is 37.7 Å². The molecule has 2 aromatic carbocycles. The zero-order valence-corrected chi connectivity index (χ0v) is 29.4. The smallest absolute Gasteiger partial charge is 0.319 e. The number of halogens is 4. The molecule has 17 heteroatoms. The number of likely N-dealkylation sites (tertiary alicyclic amines) is 1. The van der Waals surface area contributed by atoms with Crippen LogP contribution in [0.15, 0.2) is 12.1 Å². The Hall–Kier alpha value is -4.14. The summed E-state index contributed by atoms with van der Waals surface area (Å²) in [6.07, 6.45) is 1.48. The van der Waals surface area contributed by atoms with Gasteiger partial charge in [0.2, 0.25) is 5.91 Å². The maximum atomic E-state index is 17.3. The van der Waals surface area contributed by atoms with E-state index >= 15 is 8.78 Å². The van der Waals surface area contributed by atoms with Crippen LogP contribution in [0.4, 0.5) is 24.0 Å². The van der Waals surface area contributed by atoms with Crippen LogP contribution in [0.25, 0.3) is 32.1 Å². The Morgan fingerprint density at radius 1 is 1.23 bits per heavy atom. The lowest BCUT2D eigenvalue weighted by Crippen LogP contribution is -2.52. The van der Waals surface area contributed by atoms with E-state index in [1.165, 1.54) is 12.1 Å². The summed E-state index contributed by atoms with van der Waals surface area (Å²) in [4.78, 5) is 28.4. The number of aliphatic hydroxyl groups excluding tert-OH is 1. The second-order valence-corrected chi connectivity index (χ2v) is 15.6. The number of hydrogen-bond donors (Lipinski definition) is 3. The fourth-order valence-electron chi connectivity index (χ4n) is 8.68. The van der Waals surface area contributed by atoms with E-state index < -0.39 is 35.6 Å². The highest BCUT2D eigenvalue weighted by Crippen LogP contribution is 2.51. The molecule has 12 nitrogen and oxygen atoms in total. The third-order valence-electron chi connectivity index (χ3n) is 11.2. The molecule has 1 amide bonds. The van der Waals surface area contributed by atoms with E-state index in [0.717, 1.165) is 30.7 Å². The van der Waals surface area contributed by atoms with Crippen LogP contribution in [-0.4, -0.2) is 107 Å². The number of nitrogens with zero attached hydrogens (tertiary/aromatic N) is 6. The summed E-state index contributed by atoms with van der Waals surface area (Å²) in [5, 5.41) is 22.9. The SMILES string of the molecule is N#Cc1c(N)sc2c(F)ccc(-c3c(Cl)c4c5c(nc(OC[C@@]67CCCN6C[C@H](F)C7)nc5c3F)N(C3CCCN(C(=O)[C@@H]5N[C@H]5O)C3)CCO4)c12. The minimum Gasteiger partial charge on any atom is -0.489 e. The lowest BCUT2D eigenvalue weighted by molar-refractivity contribution is -0.132. The van der Waals surface area contributed by atoms with E-state index in [2.05, 4.69) is 15.2 Å². The van der Waals surface area contributed by atoms with Crippen LogP contribution < -0.4 is 25.4 Å². The van der Waals surface area contributed by atoms with Crippen molar-refractivity contribution in [2.45, 2.75) is 62.1 Å². The molecule has 1 unspecified atom stereocenters. The molecule has 2 aromatic heterocycles. The molecular weight excluding hydrogens is 721 g/mol. The molecule has 5 aliphatic rings. The van der Waals surface area contributed by atoms with Gasteiger partial charge in [-0.15, -0.1) is 11.3 Å². The molecule has 4 saturated heterocycles. The predicted octanol–water partition coefficient (Wildman–Crippen LogP) is 4.33. The van der Waals surface area contributed by atoms with Gasteiger partial charge in [0.05, 0.1) is 32.8 Å². The first-order valence-electron chi connectivity index (χ1n) is 17.4. The van der Waals surface area contributed by atoms with Gasteiger partial charge in [-0.25, -0.2) is 13.2 Å². The van der Waals surface area contributed by atoms with Crippen molar-refractivity contribution in [3.8, 4) is 29.0 Å². The number of nitriles is 1. The summed E-state index contributed by atoms with van der Waals surface area (Å²) in [6.45, 7) is 2.45. The highest BCUT2D eigenvalue weighted by atomic mass is 35.5. The van der Waals surface area contributed by atoms with Gasteiger partial charge in [0.15, 0.2) is 11.6 Å². The van der Waals surface area contributed by atoms with Crippen molar-refractivity contribution in [3.05, 3.63) is 34.4 Å². The highest BCUT2D eigenvalue weighted by Gasteiger charge is 2.50. The number of fused-ring (bicyclic) bond motifs is 2. The number of nitrogens with two attached hydrogens (primary N) is 1. The van der Waals surface area contributed by atoms with Gasteiger partial charge in [-0.3, -0.25) is 15.0 Å². The summed E-state index contributed by atoms with van der Waals surface area (Å²) in [7, 11) is 0. The van der Waals surface area contributed by atoms with Crippen molar-refractivity contribution in [3.63, 3.8) is 0 Å². The molecule has 4 fully saturated rings. The van der Waals surface area contributed by atoms with Crippen LogP contribution in [0.5, 0.6) is 11.8 Å². The second kappa shape index (κ2) is 12.5. The quantitative estimate of drug-likeness (QED) is 0.240. The molecule has 7 heterocycles. The first-order chi connectivity index (χ1) is 25.1. The lowest BCUT2D eigenvalue weighted by atomic mass is 9.95. The Bertz CT molecular complexity index is 2200.